The monoisotopic (exact) mass is 273 g/mol. The highest BCUT2D eigenvalue weighted by Crippen LogP contribution is 2.26. The number of thiophene rings is 1. The van der Waals surface area contributed by atoms with Crippen LogP contribution in [0.4, 0.5) is 5.69 Å². The van der Waals surface area contributed by atoms with E-state index in [0.29, 0.717) is 0 Å². The Morgan fingerprint density at radius 3 is 2.95 bits per heavy atom. The third kappa shape index (κ3) is 2.90. The molecule has 0 aliphatic heterocycles. The topological polar surface area (TPSA) is 55.6 Å². The number of anilines is 1. The van der Waals surface area contributed by atoms with Crippen molar-refractivity contribution in [3.63, 3.8) is 0 Å². The van der Waals surface area contributed by atoms with Gasteiger partial charge in [-0.1, -0.05) is 0 Å². The quantitative estimate of drug-likeness (QED) is 0.702. The van der Waals surface area contributed by atoms with E-state index in [4.69, 9.17) is 0 Å². The Morgan fingerprint density at radius 1 is 1.16 bits per heavy atom. The normalized spacial score (nSPS) is 10.9. The van der Waals surface area contributed by atoms with Gasteiger partial charge in [-0.05, 0) is 30.4 Å². The molecule has 6 heteroatoms. The SMILES string of the molecule is c1cc(NCCCCn2cnnc2)c2sccc2n1. The lowest BCUT2D eigenvalue weighted by atomic mass is 10.3. The van der Waals surface area contributed by atoms with Crippen LogP contribution >= 0.6 is 11.3 Å². The zero-order valence-corrected chi connectivity index (χ0v) is 11.3. The van der Waals surface area contributed by atoms with Gasteiger partial charge in [0.1, 0.15) is 12.7 Å². The Balaban J connectivity index is 1.48. The summed E-state index contributed by atoms with van der Waals surface area (Å²) in [6.07, 6.45) is 7.60. The molecule has 0 unspecified atom stereocenters. The summed E-state index contributed by atoms with van der Waals surface area (Å²) in [5.41, 5.74) is 2.25. The molecule has 3 aromatic rings. The van der Waals surface area contributed by atoms with Crippen LogP contribution in [-0.4, -0.2) is 26.3 Å². The number of rotatable bonds is 6. The molecular weight excluding hydrogens is 258 g/mol. The zero-order chi connectivity index (χ0) is 12.9. The fourth-order valence-electron chi connectivity index (χ4n) is 1.99. The van der Waals surface area contributed by atoms with Gasteiger partial charge in [-0.3, -0.25) is 4.98 Å². The summed E-state index contributed by atoms with van der Waals surface area (Å²) in [6.45, 7) is 1.94. The molecule has 0 radical (unpaired) electrons. The average Bonchev–Trinajstić information content (AvgIpc) is 3.09. The van der Waals surface area contributed by atoms with Gasteiger partial charge >= 0.3 is 0 Å². The van der Waals surface area contributed by atoms with Crippen LogP contribution in [0.15, 0.2) is 36.4 Å². The molecule has 98 valence electrons. The number of hydrogen-bond donors (Lipinski definition) is 1. The van der Waals surface area contributed by atoms with Gasteiger partial charge in [0, 0.05) is 19.3 Å². The molecule has 0 saturated carbocycles. The van der Waals surface area contributed by atoms with Crippen molar-refractivity contribution in [2.45, 2.75) is 19.4 Å². The van der Waals surface area contributed by atoms with E-state index < -0.39 is 0 Å². The summed E-state index contributed by atoms with van der Waals surface area (Å²) in [4.78, 5) is 4.33. The molecule has 19 heavy (non-hydrogen) atoms. The standard InChI is InChI=1S/C13H15N5S/c1(2-7-18-9-16-17-10-18)5-14-11-3-6-15-12-4-8-19-13(11)12/h3-4,6,8-10H,1-2,5,7H2,(H,14,15). The number of aromatic nitrogens is 4. The van der Waals surface area contributed by atoms with Crippen LogP contribution in [0.5, 0.6) is 0 Å². The molecule has 0 fully saturated rings. The van der Waals surface area contributed by atoms with E-state index in [0.717, 1.165) is 31.4 Å². The van der Waals surface area contributed by atoms with Crippen LogP contribution in [0.2, 0.25) is 0 Å². The Hall–Kier alpha value is -1.95. The average molecular weight is 273 g/mol. The van der Waals surface area contributed by atoms with E-state index in [1.807, 2.05) is 16.8 Å². The number of nitrogens with zero attached hydrogens (tertiary/aromatic N) is 4. The summed E-state index contributed by atoms with van der Waals surface area (Å²) in [7, 11) is 0. The van der Waals surface area contributed by atoms with Crippen molar-refractivity contribution >= 4 is 27.2 Å². The number of fused-ring (bicyclic) bond motifs is 1. The van der Waals surface area contributed by atoms with Gasteiger partial charge in [0.25, 0.3) is 0 Å². The smallest absolute Gasteiger partial charge is 0.119 e. The van der Waals surface area contributed by atoms with Crippen molar-refractivity contribution < 1.29 is 0 Å². The Labute approximate surface area is 115 Å². The molecule has 0 atom stereocenters. The molecule has 5 nitrogen and oxygen atoms in total. The fraction of sp³-hybridized carbons (Fsp3) is 0.308. The molecule has 0 aliphatic rings. The molecule has 0 aliphatic carbocycles. The number of unbranched alkanes of at least 4 members (excludes halogenated alkanes) is 1. The van der Waals surface area contributed by atoms with E-state index in [2.05, 4.69) is 31.9 Å². The van der Waals surface area contributed by atoms with Crippen LogP contribution in [0.1, 0.15) is 12.8 Å². The van der Waals surface area contributed by atoms with E-state index in [-0.39, 0.29) is 0 Å². The summed E-state index contributed by atoms with van der Waals surface area (Å²) in [5, 5.41) is 13.1. The maximum atomic E-state index is 4.33. The highest BCUT2D eigenvalue weighted by atomic mass is 32.1. The minimum Gasteiger partial charge on any atom is -0.384 e. The summed E-state index contributed by atoms with van der Waals surface area (Å²) in [6, 6.07) is 4.09. The molecule has 0 saturated heterocycles. The van der Waals surface area contributed by atoms with Gasteiger partial charge in [0.2, 0.25) is 0 Å². The minimum absolute atomic E-state index is 0.971. The maximum absolute atomic E-state index is 4.33. The predicted molar refractivity (Wildman–Crippen MR) is 77.4 cm³/mol. The first-order chi connectivity index (χ1) is 9.43. The van der Waals surface area contributed by atoms with Crippen LogP contribution in [0.25, 0.3) is 10.2 Å². The van der Waals surface area contributed by atoms with E-state index >= 15 is 0 Å². The van der Waals surface area contributed by atoms with E-state index in [9.17, 15) is 0 Å². The number of aryl methyl sites for hydroxylation is 1. The van der Waals surface area contributed by atoms with Crippen molar-refractivity contribution in [3.8, 4) is 0 Å². The molecule has 0 spiro atoms. The van der Waals surface area contributed by atoms with Crippen LogP contribution in [0.3, 0.4) is 0 Å². The second-order valence-electron chi connectivity index (χ2n) is 4.33. The summed E-state index contributed by atoms with van der Waals surface area (Å²) < 4.78 is 3.24. The molecule has 0 bridgehead atoms. The van der Waals surface area contributed by atoms with Gasteiger partial charge in [-0.2, -0.15) is 0 Å². The second-order valence-corrected chi connectivity index (χ2v) is 5.24. The summed E-state index contributed by atoms with van der Waals surface area (Å²) >= 11 is 1.73. The van der Waals surface area contributed by atoms with Gasteiger partial charge in [-0.25, -0.2) is 0 Å². The maximum Gasteiger partial charge on any atom is 0.119 e. The number of nitrogens with one attached hydrogen (secondary N) is 1. The highest BCUT2D eigenvalue weighted by Gasteiger charge is 2.02. The number of hydrogen-bond acceptors (Lipinski definition) is 5. The minimum atomic E-state index is 0.971. The van der Waals surface area contributed by atoms with Crippen molar-refractivity contribution in [1.82, 2.24) is 19.7 Å². The largest absolute Gasteiger partial charge is 0.384 e. The predicted octanol–water partition coefficient (Wildman–Crippen LogP) is 2.78. The third-order valence-corrected chi connectivity index (χ3v) is 3.91. The Morgan fingerprint density at radius 2 is 2.05 bits per heavy atom. The molecule has 0 aromatic carbocycles. The van der Waals surface area contributed by atoms with Crippen molar-refractivity contribution in [3.05, 3.63) is 36.4 Å². The Kier molecular flexibility index (Phi) is 3.69. The highest BCUT2D eigenvalue weighted by molar-refractivity contribution is 7.17. The first-order valence-corrected chi connectivity index (χ1v) is 7.20. The molecular formula is C13H15N5S. The van der Waals surface area contributed by atoms with Crippen LogP contribution in [-0.2, 0) is 6.54 Å². The van der Waals surface area contributed by atoms with Crippen molar-refractivity contribution in [2.75, 3.05) is 11.9 Å². The zero-order valence-electron chi connectivity index (χ0n) is 10.5. The molecule has 3 heterocycles. The van der Waals surface area contributed by atoms with Crippen molar-refractivity contribution in [1.29, 1.82) is 0 Å². The lowest BCUT2D eigenvalue weighted by Crippen LogP contribution is -2.03. The second kappa shape index (κ2) is 5.79. The van der Waals surface area contributed by atoms with Gasteiger partial charge in [0.05, 0.1) is 15.9 Å². The van der Waals surface area contributed by atoms with Gasteiger partial charge < -0.3 is 9.88 Å². The lowest BCUT2D eigenvalue weighted by molar-refractivity contribution is 0.619. The number of pyridine rings is 1. The first-order valence-electron chi connectivity index (χ1n) is 6.32. The first kappa shape index (κ1) is 12.1. The lowest BCUT2D eigenvalue weighted by Gasteiger charge is -2.07. The molecule has 1 N–H and O–H groups in total. The molecule has 0 amide bonds. The molecule has 3 rings (SSSR count). The third-order valence-electron chi connectivity index (χ3n) is 2.97. The Bertz CT molecular complexity index is 631. The van der Waals surface area contributed by atoms with E-state index in [1.54, 1.807) is 24.0 Å². The van der Waals surface area contributed by atoms with Gasteiger partial charge in [-0.15, -0.1) is 21.5 Å². The fourth-order valence-corrected chi connectivity index (χ4v) is 2.83. The van der Waals surface area contributed by atoms with Crippen molar-refractivity contribution in [2.24, 2.45) is 0 Å². The summed E-state index contributed by atoms with van der Waals surface area (Å²) in [5.74, 6) is 0. The molecule has 3 aromatic heterocycles. The van der Waals surface area contributed by atoms with Crippen LogP contribution < -0.4 is 5.32 Å². The van der Waals surface area contributed by atoms with E-state index in [1.165, 1.54) is 10.4 Å². The van der Waals surface area contributed by atoms with Crippen LogP contribution in [0, 0.1) is 0 Å². The van der Waals surface area contributed by atoms with Gasteiger partial charge in [0.15, 0.2) is 0 Å².